The van der Waals surface area contributed by atoms with Crippen molar-refractivity contribution in [2.45, 2.75) is 31.8 Å². The molecule has 4 rings (SSSR count). The first-order valence-electron chi connectivity index (χ1n) is 8.36. The van der Waals surface area contributed by atoms with Crippen LogP contribution in [0.2, 0.25) is 0 Å². The monoisotopic (exact) mass is 324 g/mol. The first-order chi connectivity index (χ1) is 11.7. The molecule has 3 heterocycles. The van der Waals surface area contributed by atoms with Gasteiger partial charge in [-0.15, -0.1) is 0 Å². The Morgan fingerprint density at radius 1 is 1.21 bits per heavy atom. The van der Waals surface area contributed by atoms with E-state index < -0.39 is 0 Å². The van der Waals surface area contributed by atoms with Gasteiger partial charge in [-0.1, -0.05) is 18.2 Å². The van der Waals surface area contributed by atoms with E-state index in [0.29, 0.717) is 6.54 Å². The summed E-state index contributed by atoms with van der Waals surface area (Å²) in [5.74, 6) is 0.797. The lowest BCUT2D eigenvalue weighted by Gasteiger charge is -2.26. The molecule has 2 aliphatic rings. The second-order valence-electron chi connectivity index (χ2n) is 6.48. The molecule has 2 aliphatic heterocycles. The van der Waals surface area contributed by atoms with E-state index in [9.17, 15) is 9.59 Å². The van der Waals surface area contributed by atoms with Crippen molar-refractivity contribution >= 4 is 17.5 Å². The van der Waals surface area contributed by atoms with Crippen molar-refractivity contribution in [2.75, 3.05) is 11.4 Å². The standard InChI is InChI=1S/C18H20N4O2/c23-17-10-13(11-22(17)15-4-2-1-3-5-15)18(24)20-14-6-7-16-19-8-9-21(16)12-14/h1-5,8-9,13-14H,6-7,10-12H2,(H,20,24)/t13-,14-/m0/s1. The zero-order valence-corrected chi connectivity index (χ0v) is 13.4. The topological polar surface area (TPSA) is 67.2 Å². The Labute approximate surface area is 140 Å². The molecule has 1 fully saturated rings. The summed E-state index contributed by atoms with van der Waals surface area (Å²) < 4.78 is 2.09. The molecule has 124 valence electrons. The number of carbonyl (C=O) groups excluding carboxylic acids is 2. The third-order valence-corrected chi connectivity index (χ3v) is 4.85. The first-order valence-corrected chi connectivity index (χ1v) is 8.36. The number of nitrogens with zero attached hydrogens (tertiary/aromatic N) is 3. The van der Waals surface area contributed by atoms with Crippen LogP contribution in [0.4, 0.5) is 5.69 Å². The molecule has 1 aromatic carbocycles. The largest absolute Gasteiger partial charge is 0.351 e. The lowest BCUT2D eigenvalue weighted by molar-refractivity contribution is -0.127. The van der Waals surface area contributed by atoms with Crippen LogP contribution in [-0.2, 0) is 22.6 Å². The third kappa shape index (κ3) is 2.79. The number of benzene rings is 1. The van der Waals surface area contributed by atoms with Crippen molar-refractivity contribution in [1.29, 1.82) is 0 Å². The predicted octanol–water partition coefficient (Wildman–Crippen LogP) is 1.37. The van der Waals surface area contributed by atoms with Gasteiger partial charge in [-0.25, -0.2) is 4.98 Å². The number of nitrogens with one attached hydrogen (secondary N) is 1. The molecule has 0 saturated carbocycles. The molecule has 0 bridgehead atoms. The molecular formula is C18H20N4O2. The molecule has 6 nitrogen and oxygen atoms in total. The van der Waals surface area contributed by atoms with E-state index in [0.717, 1.165) is 30.9 Å². The number of anilines is 1. The maximum atomic E-state index is 12.6. The van der Waals surface area contributed by atoms with Crippen molar-refractivity contribution in [3.8, 4) is 0 Å². The predicted molar refractivity (Wildman–Crippen MR) is 89.4 cm³/mol. The Hall–Kier alpha value is -2.63. The zero-order chi connectivity index (χ0) is 16.5. The highest BCUT2D eigenvalue weighted by atomic mass is 16.2. The highest BCUT2D eigenvalue weighted by molar-refractivity contribution is 6.00. The van der Waals surface area contributed by atoms with Gasteiger partial charge in [-0.2, -0.15) is 0 Å². The van der Waals surface area contributed by atoms with Gasteiger partial charge in [0.1, 0.15) is 5.82 Å². The van der Waals surface area contributed by atoms with Crippen LogP contribution >= 0.6 is 0 Å². The van der Waals surface area contributed by atoms with Gasteiger partial charge in [0.2, 0.25) is 11.8 Å². The molecule has 1 saturated heterocycles. The maximum Gasteiger partial charge on any atom is 0.227 e. The van der Waals surface area contributed by atoms with Gasteiger partial charge in [-0.3, -0.25) is 9.59 Å². The average molecular weight is 324 g/mol. The van der Waals surface area contributed by atoms with Crippen LogP contribution in [0.1, 0.15) is 18.7 Å². The molecule has 2 aromatic rings. The van der Waals surface area contributed by atoms with E-state index in [2.05, 4.69) is 14.9 Å². The van der Waals surface area contributed by atoms with Crippen LogP contribution in [0, 0.1) is 5.92 Å². The summed E-state index contributed by atoms with van der Waals surface area (Å²) in [5, 5.41) is 3.12. The van der Waals surface area contributed by atoms with Crippen molar-refractivity contribution in [3.63, 3.8) is 0 Å². The Bertz CT molecular complexity index is 755. The number of carbonyl (C=O) groups is 2. The number of amides is 2. The minimum absolute atomic E-state index is 0.0156. The fourth-order valence-corrected chi connectivity index (χ4v) is 3.54. The molecule has 2 atom stereocenters. The third-order valence-electron chi connectivity index (χ3n) is 4.85. The molecule has 1 aromatic heterocycles. The number of para-hydroxylation sites is 1. The number of hydrogen-bond acceptors (Lipinski definition) is 3. The summed E-state index contributed by atoms with van der Waals surface area (Å²) in [6.07, 6.45) is 5.80. The molecule has 0 unspecified atom stereocenters. The van der Waals surface area contributed by atoms with Crippen molar-refractivity contribution in [3.05, 3.63) is 48.5 Å². The van der Waals surface area contributed by atoms with Crippen LogP contribution < -0.4 is 10.2 Å². The van der Waals surface area contributed by atoms with Gasteiger partial charge in [0, 0.05) is 50.1 Å². The van der Waals surface area contributed by atoms with E-state index in [1.54, 1.807) is 11.1 Å². The Kier molecular flexibility index (Phi) is 3.80. The number of aromatic nitrogens is 2. The van der Waals surface area contributed by atoms with E-state index in [-0.39, 0.29) is 30.2 Å². The Morgan fingerprint density at radius 3 is 2.88 bits per heavy atom. The van der Waals surface area contributed by atoms with E-state index in [1.165, 1.54) is 0 Å². The lowest BCUT2D eigenvalue weighted by atomic mass is 10.0. The van der Waals surface area contributed by atoms with Crippen LogP contribution in [0.3, 0.4) is 0 Å². The maximum absolute atomic E-state index is 12.6. The Morgan fingerprint density at radius 2 is 2.04 bits per heavy atom. The quantitative estimate of drug-likeness (QED) is 0.927. The van der Waals surface area contributed by atoms with Gasteiger partial charge >= 0.3 is 0 Å². The summed E-state index contributed by atoms with van der Waals surface area (Å²) in [6, 6.07) is 9.64. The molecule has 0 aliphatic carbocycles. The Balaban J connectivity index is 1.38. The van der Waals surface area contributed by atoms with E-state index in [4.69, 9.17) is 0 Å². The number of aryl methyl sites for hydroxylation is 1. The molecule has 0 radical (unpaired) electrons. The summed E-state index contributed by atoms with van der Waals surface area (Å²) >= 11 is 0. The second-order valence-corrected chi connectivity index (χ2v) is 6.48. The highest BCUT2D eigenvalue weighted by Gasteiger charge is 2.36. The number of imidazole rings is 1. The molecule has 6 heteroatoms. The average Bonchev–Trinajstić information content (AvgIpc) is 3.21. The first kappa shape index (κ1) is 14.9. The number of hydrogen-bond donors (Lipinski definition) is 1. The fraction of sp³-hybridized carbons (Fsp3) is 0.389. The summed E-state index contributed by atoms with van der Waals surface area (Å²) in [7, 11) is 0. The number of fused-ring (bicyclic) bond motifs is 1. The summed E-state index contributed by atoms with van der Waals surface area (Å²) in [4.78, 5) is 30.8. The van der Waals surface area contributed by atoms with Gasteiger partial charge in [0.25, 0.3) is 0 Å². The SMILES string of the molecule is O=C(N[C@H]1CCc2nccn2C1)[C@H]1CC(=O)N(c2ccccc2)C1. The molecule has 1 N–H and O–H groups in total. The van der Waals surface area contributed by atoms with Crippen molar-refractivity contribution in [1.82, 2.24) is 14.9 Å². The zero-order valence-electron chi connectivity index (χ0n) is 13.4. The molecule has 2 amide bonds. The summed E-state index contributed by atoms with van der Waals surface area (Å²) in [6.45, 7) is 1.21. The van der Waals surface area contributed by atoms with Crippen molar-refractivity contribution in [2.24, 2.45) is 5.92 Å². The normalized spacial score (nSPS) is 23.2. The smallest absolute Gasteiger partial charge is 0.227 e. The molecule has 24 heavy (non-hydrogen) atoms. The van der Waals surface area contributed by atoms with E-state index in [1.807, 2.05) is 36.5 Å². The van der Waals surface area contributed by atoms with Gasteiger partial charge < -0.3 is 14.8 Å². The van der Waals surface area contributed by atoms with Crippen LogP contribution in [0.5, 0.6) is 0 Å². The molecule has 0 spiro atoms. The molecular weight excluding hydrogens is 304 g/mol. The van der Waals surface area contributed by atoms with Crippen molar-refractivity contribution < 1.29 is 9.59 Å². The second kappa shape index (κ2) is 6.11. The van der Waals surface area contributed by atoms with Gasteiger partial charge in [0.05, 0.1) is 5.92 Å². The van der Waals surface area contributed by atoms with Crippen LogP contribution in [0.15, 0.2) is 42.7 Å². The van der Waals surface area contributed by atoms with E-state index >= 15 is 0 Å². The lowest BCUT2D eigenvalue weighted by Crippen LogP contribution is -2.44. The van der Waals surface area contributed by atoms with Gasteiger partial charge in [0.15, 0.2) is 0 Å². The van der Waals surface area contributed by atoms with Crippen LogP contribution in [0.25, 0.3) is 0 Å². The number of rotatable bonds is 3. The minimum Gasteiger partial charge on any atom is -0.351 e. The minimum atomic E-state index is -0.276. The fourth-order valence-electron chi connectivity index (χ4n) is 3.54. The van der Waals surface area contributed by atoms with Gasteiger partial charge in [-0.05, 0) is 18.6 Å². The highest BCUT2D eigenvalue weighted by Crippen LogP contribution is 2.25. The summed E-state index contributed by atoms with van der Waals surface area (Å²) in [5.41, 5.74) is 0.860. The van der Waals surface area contributed by atoms with Crippen LogP contribution in [-0.4, -0.2) is 34.0 Å².